The zero-order valence-corrected chi connectivity index (χ0v) is 7.62. The largest absolute Gasteiger partial charge is 0.315 e. The van der Waals surface area contributed by atoms with Gasteiger partial charge in [0.15, 0.2) is 0 Å². The Labute approximate surface area is 74.8 Å². The van der Waals surface area contributed by atoms with Crippen LogP contribution in [0.25, 0.3) is 0 Å². The third-order valence-electron chi connectivity index (χ3n) is 2.23. The maximum Gasteiger partial charge on any atom is 0.304 e. The summed E-state index contributed by atoms with van der Waals surface area (Å²) in [7, 11) is 0. The number of rotatable bonds is 1. The molecule has 1 aromatic rings. The van der Waals surface area contributed by atoms with Crippen LogP contribution in [0.2, 0.25) is 0 Å². The first-order valence-corrected chi connectivity index (χ1v) is 5.15. The Morgan fingerprint density at radius 2 is 2.42 bits per heavy atom. The molecule has 2 rings (SSSR count). The van der Waals surface area contributed by atoms with Gasteiger partial charge in [-0.2, -0.15) is 0 Å². The number of thiazole rings is 1. The Kier molecular flexibility index (Phi) is 2.28. The number of H-pyrrole nitrogens is 1. The summed E-state index contributed by atoms with van der Waals surface area (Å²) in [4.78, 5) is 13.8. The van der Waals surface area contributed by atoms with Gasteiger partial charge in [-0.3, -0.25) is 4.79 Å². The monoisotopic (exact) mass is 184 g/mol. The van der Waals surface area contributed by atoms with Crippen molar-refractivity contribution in [2.75, 3.05) is 6.54 Å². The molecule has 1 unspecified atom stereocenters. The molecular formula is C8H12N2OS. The van der Waals surface area contributed by atoms with Gasteiger partial charge in [-0.25, -0.2) is 0 Å². The van der Waals surface area contributed by atoms with Crippen molar-refractivity contribution >= 4 is 11.3 Å². The molecule has 1 atom stereocenters. The second-order valence-corrected chi connectivity index (χ2v) is 3.95. The SMILES string of the molecule is O=c1[nH]c(C2CCCCN2)cs1. The van der Waals surface area contributed by atoms with Crippen molar-refractivity contribution in [2.45, 2.75) is 25.3 Å². The number of hydrogen-bond acceptors (Lipinski definition) is 3. The number of aromatic amines is 1. The highest BCUT2D eigenvalue weighted by Gasteiger charge is 2.15. The van der Waals surface area contributed by atoms with Crippen LogP contribution in [0.1, 0.15) is 31.0 Å². The maximum atomic E-state index is 10.9. The number of piperidine rings is 1. The van der Waals surface area contributed by atoms with Gasteiger partial charge in [0, 0.05) is 17.1 Å². The fraction of sp³-hybridized carbons (Fsp3) is 0.625. The molecule has 0 amide bonds. The second kappa shape index (κ2) is 3.41. The highest BCUT2D eigenvalue weighted by atomic mass is 32.1. The van der Waals surface area contributed by atoms with E-state index in [1.165, 1.54) is 24.2 Å². The Morgan fingerprint density at radius 3 is 3.00 bits per heavy atom. The summed E-state index contributed by atoms with van der Waals surface area (Å²) in [5.41, 5.74) is 1.06. The van der Waals surface area contributed by atoms with Gasteiger partial charge in [0.25, 0.3) is 0 Å². The Bertz CT molecular complexity index is 298. The van der Waals surface area contributed by atoms with Crippen LogP contribution in [0.3, 0.4) is 0 Å². The van der Waals surface area contributed by atoms with Gasteiger partial charge in [0.1, 0.15) is 0 Å². The smallest absolute Gasteiger partial charge is 0.304 e. The van der Waals surface area contributed by atoms with Crippen molar-refractivity contribution in [3.8, 4) is 0 Å². The van der Waals surface area contributed by atoms with Gasteiger partial charge in [0.05, 0.1) is 0 Å². The summed E-state index contributed by atoms with van der Waals surface area (Å²) in [6.07, 6.45) is 3.66. The van der Waals surface area contributed by atoms with Crippen molar-refractivity contribution in [1.29, 1.82) is 0 Å². The van der Waals surface area contributed by atoms with Crippen LogP contribution in [0.4, 0.5) is 0 Å². The molecule has 66 valence electrons. The summed E-state index contributed by atoms with van der Waals surface area (Å²) in [6, 6.07) is 0.387. The van der Waals surface area contributed by atoms with Crippen LogP contribution in [-0.2, 0) is 0 Å². The van der Waals surface area contributed by atoms with Gasteiger partial charge in [-0.05, 0) is 19.4 Å². The third kappa shape index (κ3) is 1.59. The van der Waals surface area contributed by atoms with E-state index in [4.69, 9.17) is 0 Å². The second-order valence-electron chi connectivity index (χ2n) is 3.11. The van der Waals surface area contributed by atoms with E-state index in [1.807, 2.05) is 5.38 Å². The normalized spacial score (nSPS) is 24.2. The van der Waals surface area contributed by atoms with Crippen molar-refractivity contribution in [2.24, 2.45) is 0 Å². The maximum absolute atomic E-state index is 10.9. The molecule has 0 radical (unpaired) electrons. The van der Waals surface area contributed by atoms with Gasteiger partial charge in [0.2, 0.25) is 0 Å². The van der Waals surface area contributed by atoms with Crippen LogP contribution >= 0.6 is 11.3 Å². The molecule has 0 bridgehead atoms. The first-order valence-electron chi connectivity index (χ1n) is 4.27. The Balaban J connectivity index is 2.13. The Hall–Kier alpha value is -0.610. The minimum absolute atomic E-state index is 0.0531. The number of nitrogens with one attached hydrogen (secondary N) is 2. The van der Waals surface area contributed by atoms with Gasteiger partial charge in [-0.15, -0.1) is 0 Å². The van der Waals surface area contributed by atoms with E-state index in [1.54, 1.807) is 0 Å². The molecule has 1 aliphatic rings. The fourth-order valence-electron chi connectivity index (χ4n) is 1.58. The highest BCUT2D eigenvalue weighted by Crippen LogP contribution is 2.20. The minimum atomic E-state index is 0.0531. The predicted octanol–water partition coefficient (Wildman–Crippen LogP) is 1.25. The molecule has 2 heterocycles. The standard InChI is InChI=1S/C8H12N2OS/c11-8-10-7(5-12-8)6-3-1-2-4-9-6/h5-6,9H,1-4H2,(H,10,11). The van der Waals surface area contributed by atoms with Crippen LogP contribution in [0, 0.1) is 0 Å². The molecule has 0 spiro atoms. The lowest BCUT2D eigenvalue weighted by Crippen LogP contribution is -2.27. The zero-order chi connectivity index (χ0) is 8.39. The molecule has 1 aromatic heterocycles. The molecule has 0 aromatic carbocycles. The van der Waals surface area contributed by atoms with E-state index < -0.39 is 0 Å². The van der Waals surface area contributed by atoms with Crippen LogP contribution < -0.4 is 10.2 Å². The topological polar surface area (TPSA) is 44.9 Å². The molecule has 12 heavy (non-hydrogen) atoms. The average Bonchev–Trinajstić information content (AvgIpc) is 2.54. The molecule has 1 aliphatic heterocycles. The van der Waals surface area contributed by atoms with Crippen LogP contribution in [0.15, 0.2) is 10.2 Å². The summed E-state index contributed by atoms with van der Waals surface area (Å²) in [5.74, 6) is 0. The van der Waals surface area contributed by atoms with Crippen LogP contribution in [-0.4, -0.2) is 11.5 Å². The van der Waals surface area contributed by atoms with Gasteiger partial charge in [-0.1, -0.05) is 17.8 Å². The van der Waals surface area contributed by atoms with Crippen molar-refractivity contribution in [3.05, 3.63) is 20.7 Å². The van der Waals surface area contributed by atoms with Crippen molar-refractivity contribution < 1.29 is 0 Å². The fourth-order valence-corrected chi connectivity index (χ4v) is 2.21. The lowest BCUT2D eigenvalue weighted by Gasteiger charge is -2.21. The molecule has 2 N–H and O–H groups in total. The predicted molar refractivity (Wildman–Crippen MR) is 49.5 cm³/mol. The van der Waals surface area contributed by atoms with E-state index in [0.717, 1.165) is 18.7 Å². The summed E-state index contributed by atoms with van der Waals surface area (Å²) in [6.45, 7) is 1.07. The lowest BCUT2D eigenvalue weighted by atomic mass is 10.0. The van der Waals surface area contributed by atoms with Crippen molar-refractivity contribution in [1.82, 2.24) is 10.3 Å². The number of aromatic nitrogens is 1. The summed E-state index contributed by atoms with van der Waals surface area (Å²) < 4.78 is 0. The van der Waals surface area contributed by atoms with E-state index in [2.05, 4.69) is 10.3 Å². The van der Waals surface area contributed by atoms with E-state index >= 15 is 0 Å². The van der Waals surface area contributed by atoms with E-state index in [0.29, 0.717) is 6.04 Å². The van der Waals surface area contributed by atoms with Crippen molar-refractivity contribution in [3.63, 3.8) is 0 Å². The minimum Gasteiger partial charge on any atom is -0.315 e. The molecule has 3 nitrogen and oxygen atoms in total. The van der Waals surface area contributed by atoms with Crippen LogP contribution in [0.5, 0.6) is 0 Å². The first-order chi connectivity index (χ1) is 5.86. The van der Waals surface area contributed by atoms with E-state index in [9.17, 15) is 4.79 Å². The van der Waals surface area contributed by atoms with E-state index in [-0.39, 0.29) is 4.87 Å². The summed E-state index contributed by atoms with van der Waals surface area (Å²) in [5, 5.41) is 5.31. The lowest BCUT2D eigenvalue weighted by molar-refractivity contribution is 0.406. The molecule has 4 heteroatoms. The third-order valence-corrected chi connectivity index (χ3v) is 2.91. The quantitative estimate of drug-likeness (QED) is 0.690. The highest BCUT2D eigenvalue weighted by molar-refractivity contribution is 7.07. The molecule has 1 saturated heterocycles. The molecule has 0 aliphatic carbocycles. The Morgan fingerprint density at radius 1 is 1.50 bits per heavy atom. The summed E-state index contributed by atoms with van der Waals surface area (Å²) >= 11 is 1.25. The average molecular weight is 184 g/mol. The number of hydrogen-bond donors (Lipinski definition) is 2. The molecular weight excluding hydrogens is 172 g/mol. The molecule has 0 saturated carbocycles. The zero-order valence-electron chi connectivity index (χ0n) is 6.80. The van der Waals surface area contributed by atoms with Gasteiger partial charge >= 0.3 is 4.87 Å². The first kappa shape index (κ1) is 8.01. The molecule has 1 fully saturated rings. The van der Waals surface area contributed by atoms with Gasteiger partial charge < -0.3 is 10.3 Å².